The van der Waals surface area contributed by atoms with Crippen LogP contribution in [0.3, 0.4) is 0 Å². The number of rotatable bonds is 11. The number of halogens is 2. The fraction of sp³-hybridized carbons (Fsp3) is 0.0857. The zero-order chi connectivity index (χ0) is 33.3. The molecule has 0 aliphatic heterocycles. The number of nitrogens with zero attached hydrogens (tertiary/aromatic N) is 1. The van der Waals surface area contributed by atoms with Gasteiger partial charge in [0.05, 0.1) is 28.1 Å². The van der Waals surface area contributed by atoms with E-state index in [1.807, 2.05) is 35.7 Å². The zero-order valence-corrected chi connectivity index (χ0v) is 28.3. The van der Waals surface area contributed by atoms with Gasteiger partial charge >= 0.3 is 0 Å². The average molecular weight is 704 g/mol. The van der Waals surface area contributed by atoms with Crippen molar-refractivity contribution in [3.8, 4) is 17.0 Å². The number of aromatic nitrogens is 1. The van der Waals surface area contributed by atoms with Crippen molar-refractivity contribution >= 4 is 80.9 Å². The molecule has 3 N–H and O–H groups in total. The van der Waals surface area contributed by atoms with Gasteiger partial charge in [-0.1, -0.05) is 71.7 Å². The van der Waals surface area contributed by atoms with Gasteiger partial charge in [0.2, 0.25) is 5.91 Å². The van der Waals surface area contributed by atoms with Crippen LogP contribution in [-0.2, 0) is 9.59 Å². The first-order valence-corrected chi connectivity index (χ1v) is 16.7. The fourth-order valence-corrected chi connectivity index (χ4v) is 6.30. The maximum atomic E-state index is 13.5. The van der Waals surface area contributed by atoms with E-state index < -0.39 is 17.1 Å². The molecule has 0 bridgehead atoms. The van der Waals surface area contributed by atoms with Crippen LogP contribution in [0.5, 0.6) is 5.75 Å². The van der Waals surface area contributed by atoms with Crippen LogP contribution in [0.4, 0.5) is 10.8 Å². The van der Waals surface area contributed by atoms with Crippen LogP contribution in [0.1, 0.15) is 22.8 Å². The summed E-state index contributed by atoms with van der Waals surface area (Å²) in [7, 11) is 1.61. The summed E-state index contributed by atoms with van der Waals surface area (Å²) in [6.07, 6.45) is 1.47. The second kappa shape index (κ2) is 15.8. The Morgan fingerprint density at radius 1 is 0.915 bits per heavy atom. The van der Waals surface area contributed by atoms with E-state index in [0.717, 1.165) is 21.9 Å². The summed E-state index contributed by atoms with van der Waals surface area (Å²) < 4.78 is 5.29. The number of ether oxygens (including phenoxy) is 1. The first-order valence-electron chi connectivity index (χ1n) is 14.2. The van der Waals surface area contributed by atoms with Crippen molar-refractivity contribution in [1.82, 2.24) is 10.3 Å². The molecule has 47 heavy (non-hydrogen) atoms. The molecule has 1 unspecified atom stereocenters. The number of methoxy groups -OCH3 is 1. The van der Waals surface area contributed by atoms with Gasteiger partial charge in [0.15, 0.2) is 5.13 Å². The number of anilines is 2. The van der Waals surface area contributed by atoms with Gasteiger partial charge in [-0.3, -0.25) is 14.4 Å². The normalized spacial score (nSPS) is 11.8. The molecule has 0 aliphatic carbocycles. The van der Waals surface area contributed by atoms with E-state index in [-0.39, 0.29) is 16.6 Å². The van der Waals surface area contributed by atoms with E-state index in [4.69, 9.17) is 27.9 Å². The van der Waals surface area contributed by atoms with Crippen LogP contribution in [0.25, 0.3) is 17.3 Å². The predicted octanol–water partition coefficient (Wildman–Crippen LogP) is 8.65. The molecule has 0 saturated carbocycles. The number of carbonyl (C=O) groups is 3. The lowest BCUT2D eigenvalue weighted by Gasteiger charge is -2.14. The van der Waals surface area contributed by atoms with Crippen LogP contribution in [0, 0.1) is 0 Å². The van der Waals surface area contributed by atoms with E-state index in [1.165, 1.54) is 29.2 Å². The van der Waals surface area contributed by atoms with Gasteiger partial charge < -0.3 is 20.7 Å². The second-order valence-corrected chi connectivity index (χ2v) is 13.1. The fourth-order valence-electron chi connectivity index (χ4n) is 4.29. The molecule has 0 radical (unpaired) electrons. The minimum Gasteiger partial charge on any atom is -0.497 e. The van der Waals surface area contributed by atoms with Crippen molar-refractivity contribution < 1.29 is 19.1 Å². The Kier molecular flexibility index (Phi) is 11.3. The van der Waals surface area contributed by atoms with E-state index in [2.05, 4.69) is 20.9 Å². The first kappa shape index (κ1) is 33.7. The molecular weight excluding hydrogens is 675 g/mol. The van der Waals surface area contributed by atoms with Gasteiger partial charge in [-0.25, -0.2) is 4.98 Å². The largest absolute Gasteiger partial charge is 0.497 e. The van der Waals surface area contributed by atoms with Gasteiger partial charge in [0.1, 0.15) is 11.4 Å². The summed E-state index contributed by atoms with van der Waals surface area (Å²) in [6, 6.07) is 28.2. The van der Waals surface area contributed by atoms with Crippen LogP contribution in [0.15, 0.2) is 113 Å². The van der Waals surface area contributed by atoms with Crippen molar-refractivity contribution in [2.45, 2.75) is 17.1 Å². The van der Waals surface area contributed by atoms with Crippen LogP contribution in [0.2, 0.25) is 10.0 Å². The number of carbonyl (C=O) groups excluding carboxylic acids is 3. The average Bonchev–Trinajstić information content (AvgIpc) is 3.55. The summed E-state index contributed by atoms with van der Waals surface area (Å²) in [5.41, 5.74) is 2.88. The predicted molar refractivity (Wildman–Crippen MR) is 191 cm³/mol. The topological polar surface area (TPSA) is 109 Å². The van der Waals surface area contributed by atoms with E-state index in [1.54, 1.807) is 80.8 Å². The van der Waals surface area contributed by atoms with Gasteiger partial charge in [0, 0.05) is 27.1 Å². The molecule has 4 aromatic carbocycles. The molecule has 0 saturated heterocycles. The number of thioether (sulfide) groups is 1. The molecule has 1 aromatic heterocycles. The molecule has 5 rings (SSSR count). The standard InChI is InChI=1S/C35H28Cl2N4O4S2/c1-21(32(42)41-35-40-30(20-46-35)23-11-6-14-26(17-23)45-2)47-27-15-8-13-25(19-27)38-34(44)29(18-24-12-7-16-28(36)31(24)37)39-33(43)22-9-4-3-5-10-22/h3-21H,1-2H3,(H,38,44)(H,39,43)(H,40,41,42)/b29-18+. The third-order valence-corrected chi connectivity index (χ3v) is 9.37. The number of amides is 3. The highest BCUT2D eigenvalue weighted by atomic mass is 35.5. The SMILES string of the molecule is COc1cccc(-c2csc(NC(=O)C(C)Sc3cccc(NC(=O)/C(=C\c4cccc(Cl)c4Cl)NC(=O)c4ccccc4)c3)n2)c1. The van der Waals surface area contributed by atoms with Crippen molar-refractivity contribution in [2.75, 3.05) is 17.7 Å². The molecule has 0 fully saturated rings. The molecule has 1 heterocycles. The molecule has 5 aromatic rings. The van der Waals surface area contributed by atoms with Gasteiger partial charge in [-0.05, 0) is 67.1 Å². The first-order chi connectivity index (χ1) is 22.7. The molecule has 8 nitrogen and oxygen atoms in total. The van der Waals surface area contributed by atoms with Crippen LogP contribution in [-0.4, -0.2) is 35.1 Å². The Morgan fingerprint density at radius 2 is 1.68 bits per heavy atom. The molecule has 0 spiro atoms. The Morgan fingerprint density at radius 3 is 2.47 bits per heavy atom. The minimum atomic E-state index is -0.575. The van der Waals surface area contributed by atoms with E-state index in [0.29, 0.717) is 27.0 Å². The van der Waals surface area contributed by atoms with Crippen molar-refractivity contribution in [2.24, 2.45) is 0 Å². The summed E-state index contributed by atoms with van der Waals surface area (Å²) in [6.45, 7) is 1.79. The highest BCUT2D eigenvalue weighted by molar-refractivity contribution is 8.00. The third-order valence-electron chi connectivity index (χ3n) is 6.68. The molecule has 3 amide bonds. The second-order valence-electron chi connectivity index (χ2n) is 10.0. The highest BCUT2D eigenvalue weighted by Crippen LogP contribution is 2.31. The lowest BCUT2D eigenvalue weighted by molar-refractivity contribution is -0.115. The Labute approximate surface area is 290 Å². The van der Waals surface area contributed by atoms with Gasteiger partial charge in [-0.15, -0.1) is 23.1 Å². The Balaban J connectivity index is 1.27. The number of thiazole rings is 1. The zero-order valence-electron chi connectivity index (χ0n) is 25.1. The summed E-state index contributed by atoms with van der Waals surface area (Å²) >= 11 is 15.2. The maximum absolute atomic E-state index is 13.5. The van der Waals surface area contributed by atoms with Crippen molar-refractivity contribution in [3.63, 3.8) is 0 Å². The van der Waals surface area contributed by atoms with Crippen molar-refractivity contribution in [1.29, 1.82) is 0 Å². The summed E-state index contributed by atoms with van der Waals surface area (Å²) in [4.78, 5) is 44.8. The Bertz CT molecular complexity index is 1950. The maximum Gasteiger partial charge on any atom is 0.272 e. The molecular formula is C35H28Cl2N4O4S2. The summed E-state index contributed by atoms with van der Waals surface area (Å²) in [5, 5.41) is 10.8. The molecule has 12 heteroatoms. The van der Waals surface area contributed by atoms with Crippen LogP contribution >= 0.6 is 46.3 Å². The molecule has 1 atom stereocenters. The number of nitrogens with one attached hydrogen (secondary N) is 3. The Hall–Kier alpha value is -4.61. The number of benzene rings is 4. The smallest absolute Gasteiger partial charge is 0.272 e. The number of hydrogen-bond donors (Lipinski definition) is 3. The summed E-state index contributed by atoms with van der Waals surface area (Å²) in [5.74, 6) is -0.540. The van der Waals surface area contributed by atoms with Gasteiger partial charge in [-0.2, -0.15) is 0 Å². The van der Waals surface area contributed by atoms with Crippen LogP contribution < -0.4 is 20.7 Å². The lowest BCUT2D eigenvalue weighted by atomic mass is 10.1. The van der Waals surface area contributed by atoms with E-state index in [9.17, 15) is 14.4 Å². The van der Waals surface area contributed by atoms with Crippen molar-refractivity contribution in [3.05, 3.63) is 129 Å². The quantitative estimate of drug-likeness (QED) is 0.0939. The monoisotopic (exact) mass is 702 g/mol. The molecule has 238 valence electrons. The van der Waals surface area contributed by atoms with E-state index >= 15 is 0 Å². The third kappa shape index (κ3) is 9.02. The minimum absolute atomic E-state index is 0.0365. The number of hydrogen-bond acceptors (Lipinski definition) is 7. The lowest BCUT2D eigenvalue weighted by Crippen LogP contribution is -2.30. The molecule has 0 aliphatic rings. The highest BCUT2D eigenvalue weighted by Gasteiger charge is 2.19. The van der Waals surface area contributed by atoms with Gasteiger partial charge in [0.25, 0.3) is 11.8 Å².